The van der Waals surface area contributed by atoms with Crippen molar-refractivity contribution in [1.82, 2.24) is 14.9 Å². The first-order valence-electron chi connectivity index (χ1n) is 7.07. The molecule has 1 atom stereocenters. The highest BCUT2D eigenvalue weighted by atomic mass is 16.3. The van der Waals surface area contributed by atoms with E-state index in [1.54, 1.807) is 23.4 Å². The van der Waals surface area contributed by atoms with Crippen molar-refractivity contribution in [3.63, 3.8) is 0 Å². The molecule has 2 rings (SSSR count). The van der Waals surface area contributed by atoms with Crippen LogP contribution < -0.4 is 4.90 Å². The summed E-state index contributed by atoms with van der Waals surface area (Å²) in [6.07, 6.45) is 6.23. The number of aromatic nitrogens is 2. The van der Waals surface area contributed by atoms with Gasteiger partial charge in [0.2, 0.25) is 11.9 Å². The molecular weight excluding hydrogens is 256 g/mol. The number of rotatable bonds is 5. The molecule has 20 heavy (non-hydrogen) atoms. The molecule has 1 amide bonds. The summed E-state index contributed by atoms with van der Waals surface area (Å²) >= 11 is 0. The number of anilines is 1. The first kappa shape index (κ1) is 14.7. The van der Waals surface area contributed by atoms with E-state index in [-0.39, 0.29) is 19.1 Å². The van der Waals surface area contributed by atoms with Gasteiger partial charge < -0.3 is 14.9 Å². The molecule has 0 bridgehead atoms. The number of carbonyl (C=O) groups is 1. The molecule has 0 saturated carbocycles. The number of hydrogen-bond acceptors (Lipinski definition) is 5. The van der Waals surface area contributed by atoms with E-state index in [1.165, 1.54) is 0 Å². The Labute approximate surface area is 119 Å². The first-order valence-corrected chi connectivity index (χ1v) is 7.07. The van der Waals surface area contributed by atoms with Gasteiger partial charge in [0.1, 0.15) is 0 Å². The second kappa shape index (κ2) is 7.19. The Bertz CT molecular complexity index is 424. The predicted octanol–water partition coefficient (Wildman–Crippen LogP) is 0.534. The summed E-state index contributed by atoms with van der Waals surface area (Å²) < 4.78 is 0. The normalized spacial score (nSPS) is 18.9. The van der Waals surface area contributed by atoms with E-state index in [0.29, 0.717) is 11.9 Å². The number of nitrogens with zero attached hydrogens (tertiary/aromatic N) is 4. The lowest BCUT2D eigenvalue weighted by Gasteiger charge is -2.33. The second-order valence-electron chi connectivity index (χ2n) is 5.27. The Morgan fingerprint density at radius 3 is 2.95 bits per heavy atom. The lowest BCUT2D eigenvalue weighted by atomic mass is 9.95. The molecule has 0 aromatic carbocycles. The zero-order chi connectivity index (χ0) is 14.4. The van der Waals surface area contributed by atoms with Gasteiger partial charge in [0, 0.05) is 39.1 Å². The van der Waals surface area contributed by atoms with Crippen molar-refractivity contribution in [2.45, 2.75) is 19.3 Å². The number of carbonyl (C=O) groups excluding carboxylic acids is 1. The maximum atomic E-state index is 12.3. The summed E-state index contributed by atoms with van der Waals surface area (Å²) in [6, 6.07) is 1.75. The van der Waals surface area contributed by atoms with Gasteiger partial charge in [0.25, 0.3) is 0 Å². The first-order chi connectivity index (χ1) is 9.70. The largest absolute Gasteiger partial charge is 0.396 e. The van der Waals surface area contributed by atoms with Crippen LogP contribution in [0.5, 0.6) is 0 Å². The van der Waals surface area contributed by atoms with Gasteiger partial charge >= 0.3 is 0 Å². The topological polar surface area (TPSA) is 69.6 Å². The van der Waals surface area contributed by atoms with E-state index < -0.39 is 0 Å². The van der Waals surface area contributed by atoms with Gasteiger partial charge in [0.05, 0.1) is 6.54 Å². The highest BCUT2D eigenvalue weighted by Gasteiger charge is 2.24. The lowest BCUT2D eigenvalue weighted by Crippen LogP contribution is -2.44. The maximum absolute atomic E-state index is 12.3. The molecule has 0 spiro atoms. The molecule has 1 aromatic rings. The molecule has 0 aliphatic carbocycles. The van der Waals surface area contributed by atoms with Crippen molar-refractivity contribution in [3.05, 3.63) is 18.5 Å². The Hall–Kier alpha value is -1.69. The Kier molecular flexibility index (Phi) is 5.29. The SMILES string of the molecule is CN(CC(=O)N1CCCC(CCO)C1)c1ncccn1. The summed E-state index contributed by atoms with van der Waals surface area (Å²) in [7, 11) is 1.82. The van der Waals surface area contributed by atoms with Crippen LogP contribution in [0.2, 0.25) is 0 Å². The predicted molar refractivity (Wildman–Crippen MR) is 76.3 cm³/mol. The zero-order valence-corrected chi connectivity index (χ0v) is 11.9. The third-order valence-electron chi connectivity index (χ3n) is 3.68. The molecule has 1 aliphatic rings. The fourth-order valence-electron chi connectivity index (χ4n) is 2.57. The molecule has 1 saturated heterocycles. The highest BCUT2D eigenvalue weighted by molar-refractivity contribution is 5.80. The van der Waals surface area contributed by atoms with Crippen LogP contribution in [0.4, 0.5) is 5.95 Å². The van der Waals surface area contributed by atoms with Crippen LogP contribution in [0.15, 0.2) is 18.5 Å². The number of aliphatic hydroxyl groups is 1. The van der Waals surface area contributed by atoms with Gasteiger partial charge in [-0.3, -0.25) is 4.79 Å². The molecule has 1 aliphatic heterocycles. The summed E-state index contributed by atoms with van der Waals surface area (Å²) in [5.74, 6) is 1.09. The Balaban J connectivity index is 1.88. The number of piperidine rings is 1. The van der Waals surface area contributed by atoms with Crippen molar-refractivity contribution in [3.8, 4) is 0 Å². The molecule has 110 valence electrons. The quantitative estimate of drug-likeness (QED) is 0.851. The van der Waals surface area contributed by atoms with E-state index in [9.17, 15) is 4.79 Å². The smallest absolute Gasteiger partial charge is 0.242 e. The second-order valence-corrected chi connectivity index (χ2v) is 5.27. The molecule has 1 aromatic heterocycles. The summed E-state index contributed by atoms with van der Waals surface area (Å²) in [4.78, 5) is 24.2. The van der Waals surface area contributed by atoms with Crippen molar-refractivity contribution in [2.24, 2.45) is 5.92 Å². The van der Waals surface area contributed by atoms with Gasteiger partial charge in [-0.1, -0.05) is 0 Å². The third-order valence-corrected chi connectivity index (χ3v) is 3.68. The Morgan fingerprint density at radius 1 is 1.50 bits per heavy atom. The number of likely N-dealkylation sites (tertiary alicyclic amines) is 1. The highest BCUT2D eigenvalue weighted by Crippen LogP contribution is 2.19. The van der Waals surface area contributed by atoms with E-state index in [1.807, 2.05) is 11.9 Å². The summed E-state index contributed by atoms with van der Waals surface area (Å²) in [6.45, 7) is 2.05. The molecule has 1 fully saturated rings. The fourth-order valence-corrected chi connectivity index (χ4v) is 2.57. The van der Waals surface area contributed by atoms with Crippen LogP contribution >= 0.6 is 0 Å². The van der Waals surface area contributed by atoms with Gasteiger partial charge in [-0.05, 0) is 31.2 Å². The average Bonchev–Trinajstić information content (AvgIpc) is 2.48. The van der Waals surface area contributed by atoms with E-state index in [0.717, 1.165) is 32.4 Å². The van der Waals surface area contributed by atoms with Gasteiger partial charge in [0.15, 0.2) is 0 Å². The van der Waals surface area contributed by atoms with Gasteiger partial charge in [-0.2, -0.15) is 0 Å². The zero-order valence-electron chi connectivity index (χ0n) is 11.9. The van der Waals surface area contributed by atoms with Gasteiger partial charge in [-0.25, -0.2) is 9.97 Å². The van der Waals surface area contributed by atoms with Crippen molar-refractivity contribution >= 4 is 11.9 Å². The van der Waals surface area contributed by atoms with Crippen LogP contribution in [0.25, 0.3) is 0 Å². The number of aliphatic hydroxyl groups excluding tert-OH is 1. The van der Waals surface area contributed by atoms with Crippen LogP contribution in [0, 0.1) is 5.92 Å². The number of amides is 1. The van der Waals surface area contributed by atoms with Crippen molar-refractivity contribution in [1.29, 1.82) is 0 Å². The van der Waals surface area contributed by atoms with E-state index >= 15 is 0 Å². The minimum Gasteiger partial charge on any atom is -0.396 e. The standard InChI is InChI=1S/C14H22N4O2/c1-17(14-15-6-3-7-16-14)11-13(20)18-8-2-4-12(10-18)5-9-19/h3,6-7,12,19H,2,4-5,8-11H2,1H3. The minimum absolute atomic E-state index is 0.0996. The molecule has 1 N–H and O–H groups in total. The van der Waals surface area contributed by atoms with Crippen LogP contribution in [0.3, 0.4) is 0 Å². The Morgan fingerprint density at radius 2 is 2.25 bits per heavy atom. The lowest BCUT2D eigenvalue weighted by molar-refractivity contribution is -0.131. The van der Waals surface area contributed by atoms with E-state index in [4.69, 9.17) is 5.11 Å². The number of likely N-dealkylation sites (N-methyl/N-ethyl adjacent to an activating group) is 1. The molecule has 6 nitrogen and oxygen atoms in total. The monoisotopic (exact) mass is 278 g/mol. The van der Waals surface area contributed by atoms with Crippen molar-refractivity contribution in [2.75, 3.05) is 38.2 Å². The number of hydrogen-bond donors (Lipinski definition) is 1. The van der Waals surface area contributed by atoms with Gasteiger partial charge in [-0.15, -0.1) is 0 Å². The molecule has 6 heteroatoms. The maximum Gasteiger partial charge on any atom is 0.242 e. The van der Waals surface area contributed by atoms with Crippen LogP contribution in [-0.2, 0) is 4.79 Å². The van der Waals surface area contributed by atoms with E-state index in [2.05, 4.69) is 9.97 Å². The van der Waals surface area contributed by atoms with Crippen molar-refractivity contribution < 1.29 is 9.90 Å². The van der Waals surface area contributed by atoms with Crippen LogP contribution in [-0.4, -0.2) is 59.2 Å². The molecule has 2 heterocycles. The minimum atomic E-state index is 0.0996. The fraction of sp³-hybridized carbons (Fsp3) is 0.643. The van der Waals surface area contributed by atoms with Crippen LogP contribution in [0.1, 0.15) is 19.3 Å². The summed E-state index contributed by atoms with van der Waals surface area (Å²) in [5, 5.41) is 9.01. The molecule has 1 unspecified atom stereocenters. The molecular formula is C14H22N4O2. The molecule has 0 radical (unpaired) electrons. The average molecular weight is 278 g/mol. The third kappa shape index (κ3) is 3.90. The summed E-state index contributed by atoms with van der Waals surface area (Å²) in [5.41, 5.74) is 0.